The van der Waals surface area contributed by atoms with Crippen LogP contribution in [0.25, 0.3) is 0 Å². The molecular weight excluding hydrogens is 404 g/mol. The summed E-state index contributed by atoms with van der Waals surface area (Å²) in [7, 11) is 0. The van der Waals surface area contributed by atoms with E-state index in [1.165, 1.54) is 6.07 Å². The highest BCUT2D eigenvalue weighted by molar-refractivity contribution is 6.31. The summed E-state index contributed by atoms with van der Waals surface area (Å²) in [6.07, 6.45) is 2.78. The van der Waals surface area contributed by atoms with E-state index in [4.69, 9.17) is 37.8 Å². The summed E-state index contributed by atoms with van der Waals surface area (Å²) in [5.74, 6) is 0.577. The average Bonchev–Trinajstić information content (AvgIpc) is 2.67. The number of aliphatic hydroxyl groups is 1. The number of halogens is 3. The predicted octanol–water partition coefficient (Wildman–Crippen LogP) is 5.36. The quantitative estimate of drug-likeness (QED) is 0.445. The topological polar surface area (TPSA) is 50.7 Å². The molecule has 0 saturated heterocycles. The third-order valence-electron chi connectivity index (χ3n) is 4.17. The lowest BCUT2D eigenvalue weighted by atomic mass is 10.2. The molecule has 0 heterocycles. The second kappa shape index (κ2) is 12.1. The molecule has 0 aliphatic heterocycles. The van der Waals surface area contributed by atoms with E-state index in [9.17, 15) is 4.39 Å². The zero-order valence-electron chi connectivity index (χ0n) is 15.9. The maximum atomic E-state index is 14.0. The van der Waals surface area contributed by atoms with Crippen LogP contribution in [0.15, 0.2) is 30.3 Å². The van der Waals surface area contributed by atoms with Crippen LogP contribution >= 0.6 is 23.2 Å². The van der Waals surface area contributed by atoms with Crippen LogP contribution in [-0.4, -0.2) is 24.9 Å². The molecule has 0 unspecified atom stereocenters. The van der Waals surface area contributed by atoms with Crippen LogP contribution in [-0.2, 0) is 13.2 Å². The smallest absolute Gasteiger partial charge is 0.163 e. The first-order valence-corrected chi connectivity index (χ1v) is 10.1. The number of hydrogen-bond donors (Lipinski definition) is 2. The highest BCUT2D eigenvalue weighted by Crippen LogP contribution is 2.35. The maximum absolute atomic E-state index is 14.0. The molecule has 0 fully saturated rings. The third-order valence-corrected chi connectivity index (χ3v) is 4.88. The minimum absolute atomic E-state index is 0.0234. The zero-order chi connectivity index (χ0) is 20.4. The van der Waals surface area contributed by atoms with Gasteiger partial charge in [0.05, 0.1) is 11.6 Å². The van der Waals surface area contributed by atoms with Gasteiger partial charge in [0.2, 0.25) is 0 Å². The van der Waals surface area contributed by atoms with E-state index >= 15 is 0 Å². The summed E-state index contributed by atoms with van der Waals surface area (Å²) in [5.41, 5.74) is 1.18. The fourth-order valence-corrected chi connectivity index (χ4v) is 3.11. The number of unbranched alkanes of at least 4 members (excludes halogenated alkanes) is 2. The van der Waals surface area contributed by atoms with E-state index in [1.807, 2.05) is 13.0 Å². The fourth-order valence-electron chi connectivity index (χ4n) is 2.68. The van der Waals surface area contributed by atoms with Crippen molar-refractivity contribution < 1.29 is 19.0 Å². The molecule has 0 aliphatic rings. The molecule has 2 N–H and O–H groups in total. The Morgan fingerprint density at radius 1 is 1.04 bits per heavy atom. The molecule has 0 amide bonds. The van der Waals surface area contributed by atoms with Crippen LogP contribution in [0.5, 0.6) is 11.5 Å². The van der Waals surface area contributed by atoms with Gasteiger partial charge in [0, 0.05) is 29.8 Å². The van der Waals surface area contributed by atoms with Gasteiger partial charge in [0.25, 0.3) is 0 Å². The van der Waals surface area contributed by atoms with Crippen LogP contribution in [0.1, 0.15) is 37.3 Å². The van der Waals surface area contributed by atoms with Gasteiger partial charge in [-0.15, -0.1) is 0 Å². The summed E-state index contributed by atoms with van der Waals surface area (Å²) in [4.78, 5) is 0. The molecule has 154 valence electrons. The van der Waals surface area contributed by atoms with E-state index in [2.05, 4.69) is 5.32 Å². The molecule has 7 heteroatoms. The van der Waals surface area contributed by atoms with Gasteiger partial charge < -0.3 is 19.9 Å². The zero-order valence-corrected chi connectivity index (χ0v) is 17.5. The van der Waals surface area contributed by atoms with Crippen LogP contribution in [0.4, 0.5) is 4.39 Å². The summed E-state index contributed by atoms with van der Waals surface area (Å²) in [5, 5.41) is 13.0. The van der Waals surface area contributed by atoms with E-state index in [1.54, 1.807) is 18.2 Å². The van der Waals surface area contributed by atoms with Gasteiger partial charge in [-0.3, -0.25) is 0 Å². The Kier molecular flexibility index (Phi) is 9.85. The van der Waals surface area contributed by atoms with Gasteiger partial charge in [-0.2, -0.15) is 0 Å². The first-order chi connectivity index (χ1) is 13.6. The van der Waals surface area contributed by atoms with Crippen LogP contribution in [0.2, 0.25) is 10.0 Å². The van der Waals surface area contributed by atoms with Crippen molar-refractivity contribution in [3.8, 4) is 11.5 Å². The number of ether oxygens (including phenoxy) is 2. The van der Waals surface area contributed by atoms with Crippen molar-refractivity contribution in [3.05, 3.63) is 57.3 Å². The Morgan fingerprint density at radius 2 is 1.82 bits per heavy atom. The maximum Gasteiger partial charge on any atom is 0.163 e. The average molecular weight is 430 g/mol. The van der Waals surface area contributed by atoms with E-state index in [-0.39, 0.29) is 18.8 Å². The Labute approximate surface area is 175 Å². The van der Waals surface area contributed by atoms with Crippen molar-refractivity contribution in [1.82, 2.24) is 5.32 Å². The van der Waals surface area contributed by atoms with Gasteiger partial charge >= 0.3 is 0 Å². The first kappa shape index (κ1) is 22.8. The number of rotatable bonds is 12. The molecule has 2 aromatic rings. The Morgan fingerprint density at radius 3 is 2.54 bits per heavy atom. The van der Waals surface area contributed by atoms with Crippen molar-refractivity contribution in [1.29, 1.82) is 0 Å². The largest absolute Gasteiger partial charge is 0.490 e. The van der Waals surface area contributed by atoms with Gasteiger partial charge in [-0.1, -0.05) is 29.3 Å². The molecule has 0 aromatic heterocycles. The van der Waals surface area contributed by atoms with E-state index in [0.717, 1.165) is 31.4 Å². The molecule has 4 nitrogen and oxygen atoms in total. The monoisotopic (exact) mass is 429 g/mol. The minimum Gasteiger partial charge on any atom is -0.490 e. The molecular formula is C21H26Cl2FNO3. The molecule has 0 aliphatic carbocycles. The Balaban J connectivity index is 2.05. The SMILES string of the molecule is CCOc1cc(CNCCCCCO)c(Cl)cc1OCc1c(F)cccc1Cl. The molecule has 2 aromatic carbocycles. The normalized spacial score (nSPS) is 10.9. The molecule has 0 saturated carbocycles. The number of aliphatic hydroxyl groups excluding tert-OH is 1. The summed E-state index contributed by atoms with van der Waals surface area (Å²) in [6, 6.07) is 8.04. The lowest BCUT2D eigenvalue weighted by molar-refractivity contribution is 0.265. The number of nitrogens with one attached hydrogen (secondary N) is 1. The Hall–Kier alpha value is -1.53. The van der Waals surface area contributed by atoms with Crippen molar-refractivity contribution in [2.75, 3.05) is 19.8 Å². The van der Waals surface area contributed by atoms with Gasteiger partial charge in [0.15, 0.2) is 11.5 Å². The Bertz CT molecular complexity index is 738. The summed E-state index contributed by atoms with van der Waals surface area (Å²) >= 11 is 12.5. The molecule has 0 spiro atoms. The first-order valence-electron chi connectivity index (χ1n) is 9.39. The predicted molar refractivity (Wildman–Crippen MR) is 111 cm³/mol. The van der Waals surface area contributed by atoms with Gasteiger partial charge in [0.1, 0.15) is 12.4 Å². The van der Waals surface area contributed by atoms with E-state index in [0.29, 0.717) is 34.7 Å². The molecule has 0 atom stereocenters. The minimum atomic E-state index is -0.418. The molecule has 28 heavy (non-hydrogen) atoms. The highest BCUT2D eigenvalue weighted by atomic mass is 35.5. The number of benzene rings is 2. The van der Waals surface area contributed by atoms with Crippen molar-refractivity contribution in [2.24, 2.45) is 0 Å². The molecule has 0 bridgehead atoms. The number of hydrogen-bond acceptors (Lipinski definition) is 4. The van der Waals surface area contributed by atoms with Crippen LogP contribution in [0, 0.1) is 5.82 Å². The van der Waals surface area contributed by atoms with E-state index < -0.39 is 5.82 Å². The molecule has 0 radical (unpaired) electrons. The van der Waals surface area contributed by atoms with Gasteiger partial charge in [-0.05, 0) is 56.5 Å². The highest BCUT2D eigenvalue weighted by Gasteiger charge is 2.14. The lowest BCUT2D eigenvalue weighted by Crippen LogP contribution is -2.15. The van der Waals surface area contributed by atoms with Crippen LogP contribution in [0.3, 0.4) is 0 Å². The lowest BCUT2D eigenvalue weighted by Gasteiger charge is -2.16. The van der Waals surface area contributed by atoms with Gasteiger partial charge in [-0.25, -0.2) is 4.39 Å². The standard InChI is InChI=1S/C21H26Cl2FNO3/c1-2-27-20-11-15(13-25-9-4-3-5-10-26)18(23)12-21(20)28-14-16-17(22)7-6-8-19(16)24/h6-8,11-12,25-26H,2-5,9-10,13-14H2,1H3. The summed E-state index contributed by atoms with van der Waals surface area (Å²) < 4.78 is 25.4. The summed E-state index contributed by atoms with van der Waals surface area (Å²) in [6.45, 7) is 3.98. The van der Waals surface area contributed by atoms with Crippen molar-refractivity contribution in [2.45, 2.75) is 39.3 Å². The molecule has 2 rings (SSSR count). The second-order valence-corrected chi connectivity index (χ2v) is 7.09. The van der Waals surface area contributed by atoms with Crippen molar-refractivity contribution in [3.63, 3.8) is 0 Å². The fraction of sp³-hybridized carbons (Fsp3) is 0.429. The second-order valence-electron chi connectivity index (χ2n) is 6.27. The third kappa shape index (κ3) is 6.82. The van der Waals surface area contributed by atoms with Crippen molar-refractivity contribution >= 4 is 23.2 Å². The van der Waals surface area contributed by atoms with Crippen LogP contribution < -0.4 is 14.8 Å².